The Morgan fingerprint density at radius 2 is 2.00 bits per heavy atom. The van der Waals surface area contributed by atoms with Crippen LogP contribution in [0.1, 0.15) is 12.5 Å². The number of hydrogen-bond donors (Lipinski definition) is 1. The van der Waals surface area contributed by atoms with Crippen molar-refractivity contribution in [3.8, 4) is 11.3 Å². The van der Waals surface area contributed by atoms with Crippen molar-refractivity contribution < 1.29 is 5.11 Å². The van der Waals surface area contributed by atoms with Crippen LogP contribution in [-0.4, -0.2) is 14.9 Å². The van der Waals surface area contributed by atoms with Crippen LogP contribution >= 0.6 is 0 Å². The molecule has 1 aromatic carbocycles. The van der Waals surface area contributed by atoms with Gasteiger partial charge in [0.1, 0.15) is 0 Å². The zero-order valence-electron chi connectivity index (χ0n) is 9.63. The van der Waals surface area contributed by atoms with Gasteiger partial charge in [0.15, 0.2) is 0 Å². The first-order chi connectivity index (χ1) is 8.26. The molecule has 2 rings (SSSR count). The summed E-state index contributed by atoms with van der Waals surface area (Å²) < 4.78 is 1.37. The highest BCUT2D eigenvalue weighted by atomic mass is 16.3. The van der Waals surface area contributed by atoms with Crippen molar-refractivity contribution in [1.82, 2.24) is 9.78 Å². The zero-order chi connectivity index (χ0) is 12.3. The number of aliphatic hydroxyl groups excluding tert-OH is 1. The summed E-state index contributed by atoms with van der Waals surface area (Å²) in [5.41, 5.74) is 1.79. The lowest BCUT2D eigenvalue weighted by Gasteiger charge is -2.07. The molecule has 1 N–H and O–H groups in total. The fraction of sp³-hybridized carbons (Fsp3) is 0.231. The van der Waals surface area contributed by atoms with Crippen molar-refractivity contribution in [2.45, 2.75) is 20.1 Å². The molecule has 0 unspecified atom stereocenters. The van der Waals surface area contributed by atoms with Crippen LogP contribution in [0.5, 0.6) is 0 Å². The quantitative estimate of drug-likeness (QED) is 0.867. The Morgan fingerprint density at radius 3 is 2.59 bits per heavy atom. The van der Waals surface area contributed by atoms with E-state index in [9.17, 15) is 4.79 Å². The molecule has 0 saturated carbocycles. The minimum Gasteiger partial charge on any atom is -0.391 e. The van der Waals surface area contributed by atoms with Crippen LogP contribution < -0.4 is 5.56 Å². The van der Waals surface area contributed by atoms with Gasteiger partial charge in [0.25, 0.3) is 5.56 Å². The first kappa shape index (κ1) is 11.5. The van der Waals surface area contributed by atoms with E-state index in [0.717, 1.165) is 5.56 Å². The van der Waals surface area contributed by atoms with Crippen molar-refractivity contribution in [2.24, 2.45) is 0 Å². The predicted molar refractivity (Wildman–Crippen MR) is 65.5 cm³/mol. The molecule has 1 aromatic heterocycles. The van der Waals surface area contributed by atoms with Crippen LogP contribution in [0.3, 0.4) is 0 Å². The Morgan fingerprint density at radius 1 is 1.29 bits per heavy atom. The summed E-state index contributed by atoms with van der Waals surface area (Å²) in [6, 6.07) is 11.2. The van der Waals surface area contributed by atoms with E-state index in [-0.39, 0.29) is 12.2 Å². The third kappa shape index (κ3) is 2.26. The number of nitrogens with zero attached hydrogens (tertiary/aromatic N) is 2. The number of aliphatic hydroxyl groups is 1. The summed E-state index contributed by atoms with van der Waals surface area (Å²) >= 11 is 0. The van der Waals surface area contributed by atoms with Crippen LogP contribution in [0, 0.1) is 0 Å². The minimum absolute atomic E-state index is 0.227. The smallest absolute Gasteiger partial charge is 0.272 e. The lowest BCUT2D eigenvalue weighted by Crippen LogP contribution is -2.25. The fourth-order valence-electron chi connectivity index (χ4n) is 1.67. The Labute approximate surface area is 99.2 Å². The maximum atomic E-state index is 11.8. The van der Waals surface area contributed by atoms with Gasteiger partial charge in [-0.3, -0.25) is 4.79 Å². The summed E-state index contributed by atoms with van der Waals surface area (Å²) in [7, 11) is 0. The van der Waals surface area contributed by atoms with Crippen LogP contribution in [0.25, 0.3) is 11.3 Å². The molecule has 4 heteroatoms. The molecule has 0 atom stereocenters. The van der Waals surface area contributed by atoms with E-state index in [1.807, 2.05) is 37.3 Å². The Kier molecular flexibility index (Phi) is 3.35. The number of aryl methyl sites for hydroxylation is 1. The molecule has 0 amide bonds. The molecule has 88 valence electrons. The topological polar surface area (TPSA) is 55.1 Å². The van der Waals surface area contributed by atoms with E-state index in [4.69, 9.17) is 5.11 Å². The minimum atomic E-state index is -0.263. The summed E-state index contributed by atoms with van der Waals surface area (Å²) in [5, 5.41) is 13.4. The lowest BCUT2D eigenvalue weighted by atomic mass is 10.1. The van der Waals surface area contributed by atoms with Gasteiger partial charge >= 0.3 is 0 Å². The molecular weight excluding hydrogens is 216 g/mol. The van der Waals surface area contributed by atoms with Gasteiger partial charge in [-0.25, -0.2) is 4.68 Å². The van der Waals surface area contributed by atoms with Crippen LogP contribution in [0.4, 0.5) is 0 Å². The molecule has 0 bridgehead atoms. The van der Waals surface area contributed by atoms with E-state index in [1.54, 1.807) is 6.07 Å². The van der Waals surface area contributed by atoms with Gasteiger partial charge in [-0.15, -0.1) is 0 Å². The first-order valence-electron chi connectivity index (χ1n) is 5.53. The molecule has 1 heterocycles. The molecule has 0 spiro atoms. The van der Waals surface area contributed by atoms with Gasteiger partial charge in [-0.1, -0.05) is 30.3 Å². The Hall–Kier alpha value is -1.94. The van der Waals surface area contributed by atoms with Gasteiger partial charge in [0.05, 0.1) is 12.3 Å². The molecule has 0 saturated heterocycles. The van der Waals surface area contributed by atoms with Crippen molar-refractivity contribution >= 4 is 0 Å². The van der Waals surface area contributed by atoms with Gasteiger partial charge < -0.3 is 5.11 Å². The summed E-state index contributed by atoms with van der Waals surface area (Å²) in [4.78, 5) is 11.8. The second-order valence-corrected chi connectivity index (χ2v) is 3.70. The Bertz CT molecular complexity index is 533. The summed E-state index contributed by atoms with van der Waals surface area (Å²) in [5.74, 6) is 0. The first-order valence-corrected chi connectivity index (χ1v) is 5.53. The van der Waals surface area contributed by atoms with Crippen LogP contribution in [-0.2, 0) is 13.2 Å². The van der Waals surface area contributed by atoms with Gasteiger partial charge in [0.2, 0.25) is 0 Å². The molecular formula is C13H14N2O2. The third-order valence-electron chi connectivity index (χ3n) is 2.59. The maximum Gasteiger partial charge on any atom is 0.272 e. The molecule has 0 aliphatic heterocycles. The lowest BCUT2D eigenvalue weighted by molar-refractivity contribution is 0.278. The average Bonchev–Trinajstić information content (AvgIpc) is 2.40. The van der Waals surface area contributed by atoms with Gasteiger partial charge in [0, 0.05) is 17.7 Å². The Balaban J connectivity index is 2.60. The number of rotatable bonds is 3. The second kappa shape index (κ2) is 4.93. The van der Waals surface area contributed by atoms with Crippen molar-refractivity contribution in [2.75, 3.05) is 0 Å². The highest BCUT2D eigenvalue weighted by Gasteiger charge is 2.07. The fourth-order valence-corrected chi connectivity index (χ4v) is 1.67. The summed E-state index contributed by atoms with van der Waals surface area (Å²) in [6.07, 6.45) is 0. The van der Waals surface area contributed by atoms with Crippen LogP contribution in [0.2, 0.25) is 0 Å². The summed E-state index contributed by atoms with van der Waals surface area (Å²) in [6.45, 7) is 2.08. The molecule has 2 aromatic rings. The monoisotopic (exact) mass is 230 g/mol. The second-order valence-electron chi connectivity index (χ2n) is 3.70. The maximum absolute atomic E-state index is 11.8. The zero-order valence-corrected chi connectivity index (χ0v) is 9.63. The average molecular weight is 230 g/mol. The number of aromatic nitrogens is 2. The molecule has 0 aliphatic rings. The largest absolute Gasteiger partial charge is 0.391 e. The standard InChI is InChI=1S/C13H14N2O2/c1-2-15-13(17)11(9-16)8-12(14-15)10-6-4-3-5-7-10/h3-8,16H,2,9H2,1H3. The van der Waals surface area contributed by atoms with Crippen molar-refractivity contribution in [3.63, 3.8) is 0 Å². The molecule has 4 nitrogen and oxygen atoms in total. The molecule has 0 fully saturated rings. The predicted octanol–water partition coefficient (Wildman–Crippen LogP) is 1.42. The van der Waals surface area contributed by atoms with Crippen molar-refractivity contribution in [3.05, 3.63) is 52.3 Å². The number of hydrogen-bond acceptors (Lipinski definition) is 3. The number of benzene rings is 1. The van der Waals surface area contributed by atoms with E-state index < -0.39 is 0 Å². The van der Waals surface area contributed by atoms with Gasteiger partial charge in [-0.05, 0) is 13.0 Å². The normalized spacial score (nSPS) is 10.5. The highest BCUT2D eigenvalue weighted by molar-refractivity contribution is 5.58. The third-order valence-corrected chi connectivity index (χ3v) is 2.59. The van der Waals surface area contributed by atoms with E-state index >= 15 is 0 Å². The van der Waals surface area contributed by atoms with Gasteiger partial charge in [-0.2, -0.15) is 5.10 Å². The van der Waals surface area contributed by atoms with Crippen molar-refractivity contribution in [1.29, 1.82) is 0 Å². The molecule has 0 radical (unpaired) electrons. The van der Waals surface area contributed by atoms with Crippen LogP contribution in [0.15, 0.2) is 41.2 Å². The van der Waals surface area contributed by atoms with E-state index in [0.29, 0.717) is 17.8 Å². The molecule has 0 aliphatic carbocycles. The van der Waals surface area contributed by atoms with E-state index in [2.05, 4.69) is 5.10 Å². The highest BCUT2D eigenvalue weighted by Crippen LogP contribution is 2.15. The van der Waals surface area contributed by atoms with E-state index in [1.165, 1.54) is 4.68 Å². The SMILES string of the molecule is CCn1nc(-c2ccccc2)cc(CO)c1=O. The molecule has 17 heavy (non-hydrogen) atoms.